The highest BCUT2D eigenvalue weighted by molar-refractivity contribution is 9.10. The molecule has 1 N–H and O–H groups in total. The van der Waals surface area contributed by atoms with Crippen molar-refractivity contribution in [2.75, 3.05) is 7.11 Å². The second kappa shape index (κ2) is 8.37. The van der Waals surface area contributed by atoms with Crippen molar-refractivity contribution in [3.8, 4) is 11.5 Å². The first-order chi connectivity index (χ1) is 11.0. The molecule has 124 valence electrons. The quantitative estimate of drug-likeness (QED) is 0.728. The minimum Gasteiger partial charge on any atom is -0.493 e. The molecule has 0 spiro atoms. The minimum absolute atomic E-state index is 0.109. The van der Waals surface area contributed by atoms with E-state index in [2.05, 4.69) is 52.4 Å². The Morgan fingerprint density at radius 1 is 1.04 bits per heavy atom. The molecule has 1 unspecified atom stereocenters. The Hall–Kier alpha value is -1.52. The normalized spacial score (nSPS) is 12.3. The van der Waals surface area contributed by atoms with Crippen LogP contribution in [-0.4, -0.2) is 13.2 Å². The van der Waals surface area contributed by atoms with E-state index in [9.17, 15) is 0 Å². The fraction of sp³-hybridized carbons (Fsp3) is 0.368. The van der Waals surface area contributed by atoms with Crippen molar-refractivity contribution < 1.29 is 9.47 Å². The Morgan fingerprint density at radius 3 is 2.35 bits per heavy atom. The lowest BCUT2D eigenvalue weighted by atomic mass is 10.1. The topological polar surface area (TPSA) is 30.5 Å². The Bertz CT molecular complexity index is 629. The first-order valence-corrected chi connectivity index (χ1v) is 8.62. The molecule has 2 aromatic rings. The molecular weight excluding hydrogens is 354 g/mol. The zero-order valence-corrected chi connectivity index (χ0v) is 15.7. The monoisotopic (exact) mass is 377 g/mol. The zero-order chi connectivity index (χ0) is 16.8. The minimum atomic E-state index is 0.109. The number of hydrogen-bond acceptors (Lipinski definition) is 3. The smallest absolute Gasteiger partial charge is 0.162 e. The standard InChI is InChI=1S/C19H24BrNO2/c1-13(2)23-19-11-17(20)16(10-18(19)22-4)12-21-14(3)15-8-6-5-7-9-15/h5-11,13-14,21H,12H2,1-4H3. The molecule has 0 fully saturated rings. The van der Waals surface area contributed by atoms with Crippen molar-refractivity contribution in [3.05, 3.63) is 58.1 Å². The molecule has 3 nitrogen and oxygen atoms in total. The van der Waals surface area contributed by atoms with Crippen LogP contribution >= 0.6 is 15.9 Å². The van der Waals surface area contributed by atoms with Gasteiger partial charge >= 0.3 is 0 Å². The molecule has 0 aromatic heterocycles. The summed E-state index contributed by atoms with van der Waals surface area (Å²) in [5.74, 6) is 1.51. The van der Waals surface area contributed by atoms with Crippen LogP contribution in [0.1, 0.15) is 37.9 Å². The highest BCUT2D eigenvalue weighted by Crippen LogP contribution is 2.34. The summed E-state index contributed by atoms with van der Waals surface area (Å²) in [5, 5.41) is 3.54. The molecule has 0 aliphatic carbocycles. The third-order valence-corrected chi connectivity index (χ3v) is 4.33. The molecule has 0 saturated carbocycles. The molecular formula is C19H24BrNO2. The fourth-order valence-corrected chi connectivity index (χ4v) is 2.80. The average molecular weight is 378 g/mol. The van der Waals surface area contributed by atoms with Crippen molar-refractivity contribution in [2.45, 2.75) is 39.5 Å². The molecule has 2 rings (SSSR count). The van der Waals surface area contributed by atoms with Crippen LogP contribution in [0.25, 0.3) is 0 Å². The van der Waals surface area contributed by atoms with E-state index in [4.69, 9.17) is 9.47 Å². The number of ether oxygens (including phenoxy) is 2. The molecule has 2 aromatic carbocycles. The van der Waals surface area contributed by atoms with Gasteiger partial charge in [0, 0.05) is 17.1 Å². The lowest BCUT2D eigenvalue weighted by Crippen LogP contribution is -2.18. The van der Waals surface area contributed by atoms with Crippen molar-refractivity contribution in [1.82, 2.24) is 5.32 Å². The van der Waals surface area contributed by atoms with Crippen molar-refractivity contribution in [3.63, 3.8) is 0 Å². The summed E-state index contributed by atoms with van der Waals surface area (Å²) in [6.45, 7) is 6.92. The summed E-state index contributed by atoms with van der Waals surface area (Å²) in [6.07, 6.45) is 0.109. The van der Waals surface area contributed by atoms with Gasteiger partial charge in [-0.25, -0.2) is 0 Å². The summed E-state index contributed by atoms with van der Waals surface area (Å²) < 4.78 is 12.3. The Morgan fingerprint density at radius 2 is 1.74 bits per heavy atom. The maximum atomic E-state index is 5.79. The molecule has 0 saturated heterocycles. The zero-order valence-electron chi connectivity index (χ0n) is 14.1. The third kappa shape index (κ3) is 4.98. The number of rotatable bonds is 7. The molecule has 0 aliphatic heterocycles. The van der Waals surface area contributed by atoms with E-state index in [0.29, 0.717) is 0 Å². The highest BCUT2D eigenvalue weighted by Gasteiger charge is 2.12. The second-order valence-corrected chi connectivity index (χ2v) is 6.63. The molecule has 0 amide bonds. The number of nitrogens with one attached hydrogen (secondary N) is 1. The molecule has 0 radical (unpaired) electrons. The van der Waals surface area contributed by atoms with Crippen LogP contribution in [-0.2, 0) is 6.54 Å². The number of benzene rings is 2. The van der Waals surface area contributed by atoms with Gasteiger partial charge in [0.2, 0.25) is 0 Å². The van der Waals surface area contributed by atoms with Crippen LogP contribution in [0.15, 0.2) is 46.9 Å². The van der Waals surface area contributed by atoms with E-state index in [-0.39, 0.29) is 12.1 Å². The maximum absolute atomic E-state index is 5.79. The van der Waals surface area contributed by atoms with Gasteiger partial charge in [-0.3, -0.25) is 0 Å². The Labute approximate surface area is 147 Å². The lowest BCUT2D eigenvalue weighted by molar-refractivity contribution is 0.230. The van der Waals surface area contributed by atoms with Crippen LogP contribution in [0.4, 0.5) is 0 Å². The van der Waals surface area contributed by atoms with Crippen LogP contribution < -0.4 is 14.8 Å². The van der Waals surface area contributed by atoms with Crippen molar-refractivity contribution in [2.24, 2.45) is 0 Å². The maximum Gasteiger partial charge on any atom is 0.162 e. The largest absolute Gasteiger partial charge is 0.493 e. The summed E-state index contributed by atoms with van der Waals surface area (Å²) in [6, 6.07) is 14.7. The third-order valence-electron chi connectivity index (χ3n) is 3.59. The summed E-state index contributed by atoms with van der Waals surface area (Å²) in [4.78, 5) is 0. The molecule has 4 heteroatoms. The van der Waals surface area contributed by atoms with E-state index in [1.165, 1.54) is 5.56 Å². The van der Waals surface area contributed by atoms with Crippen LogP contribution in [0, 0.1) is 0 Å². The first-order valence-electron chi connectivity index (χ1n) is 7.82. The van der Waals surface area contributed by atoms with Gasteiger partial charge in [-0.15, -0.1) is 0 Å². The van der Waals surface area contributed by atoms with Crippen molar-refractivity contribution >= 4 is 15.9 Å². The summed E-state index contributed by atoms with van der Waals surface area (Å²) in [5.41, 5.74) is 2.41. The van der Waals surface area contributed by atoms with Gasteiger partial charge in [0.1, 0.15) is 0 Å². The van der Waals surface area contributed by atoms with Gasteiger partial charge < -0.3 is 14.8 Å². The first kappa shape index (κ1) is 17.8. The summed E-state index contributed by atoms with van der Waals surface area (Å²) >= 11 is 3.63. The van der Waals surface area contributed by atoms with E-state index in [0.717, 1.165) is 28.1 Å². The van der Waals surface area contributed by atoms with Gasteiger partial charge in [-0.1, -0.05) is 46.3 Å². The van der Waals surface area contributed by atoms with E-state index in [1.54, 1.807) is 7.11 Å². The summed E-state index contributed by atoms with van der Waals surface area (Å²) in [7, 11) is 1.67. The molecule has 1 atom stereocenters. The van der Waals surface area contributed by atoms with Crippen LogP contribution in [0.2, 0.25) is 0 Å². The average Bonchev–Trinajstić information content (AvgIpc) is 2.54. The van der Waals surface area contributed by atoms with Gasteiger partial charge in [0.05, 0.1) is 13.2 Å². The van der Waals surface area contributed by atoms with Gasteiger partial charge in [-0.2, -0.15) is 0 Å². The predicted octanol–water partition coefficient (Wildman–Crippen LogP) is 5.10. The predicted molar refractivity (Wildman–Crippen MR) is 98.2 cm³/mol. The SMILES string of the molecule is COc1cc(CNC(C)c2ccccc2)c(Br)cc1OC(C)C. The number of hydrogen-bond donors (Lipinski definition) is 1. The van der Waals surface area contributed by atoms with Gasteiger partial charge in [0.25, 0.3) is 0 Å². The van der Waals surface area contributed by atoms with Crippen LogP contribution in [0.3, 0.4) is 0 Å². The van der Waals surface area contributed by atoms with E-state index < -0.39 is 0 Å². The second-order valence-electron chi connectivity index (χ2n) is 5.77. The fourth-order valence-electron chi connectivity index (χ4n) is 2.34. The molecule has 0 heterocycles. The van der Waals surface area contributed by atoms with Gasteiger partial charge in [0.15, 0.2) is 11.5 Å². The van der Waals surface area contributed by atoms with Gasteiger partial charge in [-0.05, 0) is 44.0 Å². The van der Waals surface area contributed by atoms with E-state index in [1.807, 2.05) is 32.0 Å². The Kier molecular flexibility index (Phi) is 6.48. The molecule has 0 aliphatic rings. The molecule has 0 bridgehead atoms. The highest BCUT2D eigenvalue weighted by atomic mass is 79.9. The number of methoxy groups -OCH3 is 1. The number of halogens is 1. The molecule has 23 heavy (non-hydrogen) atoms. The van der Waals surface area contributed by atoms with E-state index >= 15 is 0 Å². The Balaban J connectivity index is 2.11. The van der Waals surface area contributed by atoms with Crippen LogP contribution in [0.5, 0.6) is 11.5 Å². The van der Waals surface area contributed by atoms with Crippen molar-refractivity contribution in [1.29, 1.82) is 0 Å². The lowest BCUT2D eigenvalue weighted by Gasteiger charge is -2.18.